The number of nitrogens with zero attached hydrogens (tertiary/aromatic N) is 2. The number of hydrogen-bond acceptors (Lipinski definition) is 5. The lowest BCUT2D eigenvalue weighted by Gasteiger charge is -2.36. The first-order valence-electron chi connectivity index (χ1n) is 10.6. The molecule has 0 spiro atoms. The van der Waals surface area contributed by atoms with Gasteiger partial charge in [0, 0.05) is 39.3 Å². The Bertz CT molecular complexity index is 593. The van der Waals surface area contributed by atoms with E-state index in [1.54, 1.807) is 0 Å². The third-order valence-corrected chi connectivity index (χ3v) is 5.48. The van der Waals surface area contributed by atoms with E-state index in [2.05, 4.69) is 17.0 Å². The van der Waals surface area contributed by atoms with Gasteiger partial charge in [0.1, 0.15) is 11.9 Å². The van der Waals surface area contributed by atoms with E-state index >= 15 is 0 Å². The molecule has 1 aromatic rings. The topological polar surface area (TPSA) is 51.2 Å². The summed E-state index contributed by atoms with van der Waals surface area (Å²) in [6.07, 6.45) is 3.10. The van der Waals surface area contributed by atoms with Gasteiger partial charge < -0.3 is 19.1 Å². The van der Waals surface area contributed by atoms with Gasteiger partial charge in [-0.3, -0.25) is 9.69 Å². The molecule has 2 saturated heterocycles. The molecule has 1 amide bonds. The summed E-state index contributed by atoms with van der Waals surface area (Å²) in [6, 6.07) is 8.28. The number of ether oxygens (including phenoxy) is 3. The molecule has 0 saturated carbocycles. The van der Waals surface area contributed by atoms with Crippen molar-refractivity contribution in [1.29, 1.82) is 0 Å². The molecule has 0 radical (unpaired) electrons. The van der Waals surface area contributed by atoms with Crippen LogP contribution >= 0.6 is 0 Å². The Hall–Kier alpha value is -1.63. The molecule has 6 heteroatoms. The first-order valence-corrected chi connectivity index (χ1v) is 10.6. The Labute approximate surface area is 168 Å². The van der Waals surface area contributed by atoms with E-state index in [9.17, 15) is 4.79 Å². The molecule has 2 heterocycles. The van der Waals surface area contributed by atoms with Crippen LogP contribution in [0.5, 0.6) is 5.75 Å². The Morgan fingerprint density at radius 1 is 1.18 bits per heavy atom. The first-order chi connectivity index (χ1) is 13.7. The van der Waals surface area contributed by atoms with Crippen LogP contribution in [0.25, 0.3) is 0 Å². The normalized spacial score (nSPS) is 22.1. The molecule has 2 unspecified atom stereocenters. The molecule has 28 heavy (non-hydrogen) atoms. The molecular weight excluding hydrogens is 356 g/mol. The quantitative estimate of drug-likeness (QED) is 0.683. The van der Waals surface area contributed by atoms with Gasteiger partial charge in [-0.1, -0.05) is 12.1 Å². The van der Waals surface area contributed by atoms with Crippen LogP contribution in [0, 0.1) is 0 Å². The maximum atomic E-state index is 12.7. The zero-order valence-corrected chi connectivity index (χ0v) is 17.3. The number of carbonyl (C=O) groups is 1. The van der Waals surface area contributed by atoms with Crippen molar-refractivity contribution < 1.29 is 19.0 Å². The van der Waals surface area contributed by atoms with Crippen LogP contribution in [0.1, 0.15) is 38.7 Å². The molecule has 2 atom stereocenters. The maximum absolute atomic E-state index is 12.7. The Morgan fingerprint density at radius 2 is 1.93 bits per heavy atom. The molecule has 2 aliphatic heterocycles. The van der Waals surface area contributed by atoms with E-state index in [1.165, 1.54) is 12.0 Å². The van der Waals surface area contributed by atoms with Gasteiger partial charge in [0.05, 0.1) is 19.3 Å². The van der Waals surface area contributed by atoms with Crippen LogP contribution in [-0.2, 0) is 20.8 Å². The Morgan fingerprint density at radius 3 is 2.57 bits per heavy atom. The predicted octanol–water partition coefficient (Wildman–Crippen LogP) is 2.70. The molecule has 0 N–H and O–H groups in total. The van der Waals surface area contributed by atoms with Crippen molar-refractivity contribution in [2.24, 2.45) is 0 Å². The number of amides is 1. The summed E-state index contributed by atoms with van der Waals surface area (Å²) in [5, 5.41) is 0. The van der Waals surface area contributed by atoms with E-state index in [0.717, 1.165) is 57.9 Å². The van der Waals surface area contributed by atoms with E-state index in [1.807, 2.05) is 30.9 Å². The summed E-state index contributed by atoms with van der Waals surface area (Å²) in [4.78, 5) is 17.0. The Kier molecular flexibility index (Phi) is 8.13. The molecule has 1 aromatic carbocycles. The summed E-state index contributed by atoms with van der Waals surface area (Å²) < 4.78 is 17.0. The van der Waals surface area contributed by atoms with Crippen molar-refractivity contribution in [3.8, 4) is 5.75 Å². The lowest BCUT2D eigenvalue weighted by Crippen LogP contribution is -2.51. The second-order valence-corrected chi connectivity index (χ2v) is 7.64. The highest BCUT2D eigenvalue weighted by Crippen LogP contribution is 2.16. The molecule has 0 aliphatic carbocycles. The van der Waals surface area contributed by atoms with Gasteiger partial charge in [-0.2, -0.15) is 0 Å². The minimum absolute atomic E-state index is 0.0940. The highest BCUT2D eigenvalue weighted by atomic mass is 16.5. The van der Waals surface area contributed by atoms with Gasteiger partial charge in [0.15, 0.2) is 0 Å². The predicted molar refractivity (Wildman–Crippen MR) is 108 cm³/mol. The molecule has 2 aliphatic rings. The van der Waals surface area contributed by atoms with E-state index in [-0.39, 0.29) is 12.0 Å². The molecule has 3 rings (SSSR count). The second-order valence-electron chi connectivity index (χ2n) is 7.64. The van der Waals surface area contributed by atoms with Crippen molar-refractivity contribution in [1.82, 2.24) is 9.80 Å². The van der Waals surface area contributed by atoms with E-state index in [0.29, 0.717) is 13.2 Å². The van der Waals surface area contributed by atoms with Gasteiger partial charge in [-0.25, -0.2) is 0 Å². The monoisotopic (exact) mass is 390 g/mol. The molecule has 0 bridgehead atoms. The standard InChI is InChI=1S/C22H34N2O4/c1-3-26-20-9-7-19(8-10-20)16-23-11-13-24(14-12-23)22(25)18(2)28-17-21-6-4-5-15-27-21/h7-10,18,21H,3-6,11-17H2,1-2H3. The zero-order chi connectivity index (χ0) is 19.8. The molecule has 2 fully saturated rings. The van der Waals surface area contributed by atoms with Crippen molar-refractivity contribution >= 4 is 5.91 Å². The lowest BCUT2D eigenvalue weighted by atomic mass is 10.1. The zero-order valence-electron chi connectivity index (χ0n) is 17.3. The number of benzene rings is 1. The summed E-state index contributed by atoms with van der Waals surface area (Å²) in [5.74, 6) is 1.01. The third-order valence-electron chi connectivity index (χ3n) is 5.48. The van der Waals surface area contributed by atoms with Crippen LogP contribution < -0.4 is 4.74 Å². The van der Waals surface area contributed by atoms with Crippen LogP contribution in [0.4, 0.5) is 0 Å². The fraction of sp³-hybridized carbons (Fsp3) is 0.682. The maximum Gasteiger partial charge on any atom is 0.251 e. The van der Waals surface area contributed by atoms with Gasteiger partial charge in [-0.15, -0.1) is 0 Å². The smallest absolute Gasteiger partial charge is 0.251 e. The number of rotatable bonds is 8. The summed E-state index contributed by atoms with van der Waals surface area (Å²) in [7, 11) is 0. The lowest BCUT2D eigenvalue weighted by molar-refractivity contribution is -0.147. The van der Waals surface area contributed by atoms with Crippen molar-refractivity contribution in [2.45, 2.75) is 51.9 Å². The fourth-order valence-electron chi connectivity index (χ4n) is 3.76. The van der Waals surface area contributed by atoms with Crippen molar-refractivity contribution in [3.63, 3.8) is 0 Å². The largest absolute Gasteiger partial charge is 0.494 e. The van der Waals surface area contributed by atoms with Crippen LogP contribution in [-0.4, -0.2) is 73.9 Å². The highest BCUT2D eigenvalue weighted by molar-refractivity contribution is 5.80. The molecule has 6 nitrogen and oxygen atoms in total. The fourth-order valence-corrected chi connectivity index (χ4v) is 3.76. The Balaban J connectivity index is 1.38. The molecule has 156 valence electrons. The summed E-state index contributed by atoms with van der Waals surface area (Å²) >= 11 is 0. The summed E-state index contributed by atoms with van der Waals surface area (Å²) in [6.45, 7) is 10.0. The molecule has 0 aromatic heterocycles. The van der Waals surface area contributed by atoms with Crippen LogP contribution in [0.3, 0.4) is 0 Å². The molecular formula is C22H34N2O4. The highest BCUT2D eigenvalue weighted by Gasteiger charge is 2.26. The minimum atomic E-state index is -0.400. The number of hydrogen-bond donors (Lipinski definition) is 0. The van der Waals surface area contributed by atoms with Gasteiger partial charge in [0.25, 0.3) is 5.91 Å². The van der Waals surface area contributed by atoms with Gasteiger partial charge >= 0.3 is 0 Å². The van der Waals surface area contributed by atoms with Crippen molar-refractivity contribution in [2.75, 3.05) is 46.0 Å². The average Bonchev–Trinajstić information content (AvgIpc) is 2.74. The average molecular weight is 391 g/mol. The first kappa shape index (κ1) is 21.1. The number of carbonyl (C=O) groups excluding carboxylic acids is 1. The number of piperazine rings is 1. The summed E-state index contributed by atoms with van der Waals surface area (Å²) in [5.41, 5.74) is 1.27. The van der Waals surface area contributed by atoms with E-state index in [4.69, 9.17) is 14.2 Å². The SMILES string of the molecule is CCOc1ccc(CN2CCN(C(=O)C(C)OCC3CCCCO3)CC2)cc1. The second kappa shape index (κ2) is 10.8. The third kappa shape index (κ3) is 6.19. The minimum Gasteiger partial charge on any atom is -0.494 e. The van der Waals surface area contributed by atoms with Crippen molar-refractivity contribution in [3.05, 3.63) is 29.8 Å². The van der Waals surface area contributed by atoms with Crippen LogP contribution in [0.15, 0.2) is 24.3 Å². The van der Waals surface area contributed by atoms with Gasteiger partial charge in [0.2, 0.25) is 0 Å². The van der Waals surface area contributed by atoms with Crippen LogP contribution in [0.2, 0.25) is 0 Å². The van der Waals surface area contributed by atoms with E-state index < -0.39 is 6.10 Å². The van der Waals surface area contributed by atoms with Gasteiger partial charge in [-0.05, 0) is 50.8 Å².